The van der Waals surface area contributed by atoms with Crippen LogP contribution in [-0.4, -0.2) is 20.9 Å². The summed E-state index contributed by atoms with van der Waals surface area (Å²) in [6, 6.07) is 21.5. The van der Waals surface area contributed by atoms with Crippen LogP contribution in [0.15, 0.2) is 66.7 Å². The van der Waals surface area contributed by atoms with Crippen molar-refractivity contribution in [3.63, 3.8) is 0 Å². The highest BCUT2D eigenvalue weighted by atomic mass is 16.1. The molecule has 0 aliphatic carbocycles. The summed E-state index contributed by atoms with van der Waals surface area (Å²) in [5.74, 6) is -0.0765. The van der Waals surface area contributed by atoms with Gasteiger partial charge in [0.15, 0.2) is 0 Å². The van der Waals surface area contributed by atoms with Crippen molar-refractivity contribution in [2.75, 3.05) is 0 Å². The number of nitrogens with zero attached hydrogens (tertiary/aromatic N) is 3. The number of aromatic nitrogens is 2. The molecule has 118 valence electrons. The summed E-state index contributed by atoms with van der Waals surface area (Å²) >= 11 is 0. The van der Waals surface area contributed by atoms with Crippen LogP contribution in [0, 0.1) is 0 Å². The molecule has 0 saturated carbocycles. The van der Waals surface area contributed by atoms with Gasteiger partial charge >= 0.3 is 0 Å². The zero-order valence-electron chi connectivity index (χ0n) is 13.2. The van der Waals surface area contributed by atoms with Gasteiger partial charge in [0.25, 0.3) is 0 Å². The van der Waals surface area contributed by atoms with Crippen LogP contribution in [0.3, 0.4) is 0 Å². The van der Waals surface area contributed by atoms with Gasteiger partial charge in [0.05, 0.1) is 5.69 Å². The summed E-state index contributed by atoms with van der Waals surface area (Å²) in [7, 11) is 0. The first-order chi connectivity index (χ1) is 11.8. The van der Waals surface area contributed by atoms with E-state index in [1.54, 1.807) is 12.1 Å². The van der Waals surface area contributed by atoms with E-state index in [1.807, 2.05) is 30.3 Å². The Morgan fingerprint density at radius 1 is 0.917 bits per heavy atom. The molecule has 0 bridgehead atoms. The molecule has 2 aromatic carbocycles. The topological polar surface area (TPSA) is 46.1 Å². The number of hydrogen-bond acceptors (Lipinski definition) is 4. The van der Waals surface area contributed by atoms with Crippen molar-refractivity contribution in [1.29, 1.82) is 0 Å². The molecule has 0 atom stereocenters. The molecule has 0 unspecified atom stereocenters. The van der Waals surface area contributed by atoms with Gasteiger partial charge in [-0.3, -0.25) is 9.69 Å². The van der Waals surface area contributed by atoms with E-state index in [0.717, 1.165) is 30.9 Å². The van der Waals surface area contributed by atoms with Crippen LogP contribution in [0.25, 0.3) is 0 Å². The molecule has 0 radical (unpaired) electrons. The van der Waals surface area contributed by atoms with E-state index in [9.17, 15) is 4.79 Å². The summed E-state index contributed by atoms with van der Waals surface area (Å²) in [5.41, 5.74) is 4.40. The number of benzene rings is 2. The third kappa shape index (κ3) is 2.96. The van der Waals surface area contributed by atoms with Gasteiger partial charge in [0.1, 0.15) is 5.69 Å². The molecule has 2 heterocycles. The molecule has 1 aliphatic rings. The minimum Gasteiger partial charge on any atom is -0.289 e. The van der Waals surface area contributed by atoms with Crippen molar-refractivity contribution in [1.82, 2.24) is 15.1 Å². The lowest BCUT2D eigenvalue weighted by molar-refractivity contribution is 0.103. The number of ketones is 1. The number of carbonyl (C=O) groups excluding carboxylic acids is 1. The van der Waals surface area contributed by atoms with Gasteiger partial charge < -0.3 is 0 Å². The minimum absolute atomic E-state index is 0.0765. The first kappa shape index (κ1) is 14.7. The number of fused-ring (bicyclic) bond motifs is 1. The molecule has 0 amide bonds. The molecule has 4 nitrogen and oxygen atoms in total. The second kappa shape index (κ2) is 6.34. The quantitative estimate of drug-likeness (QED) is 0.694. The normalized spacial score (nSPS) is 13.7. The van der Waals surface area contributed by atoms with Crippen molar-refractivity contribution in [3.05, 3.63) is 94.8 Å². The molecule has 0 fully saturated rings. The highest BCUT2D eigenvalue weighted by Crippen LogP contribution is 2.23. The fraction of sp³-hybridized carbons (Fsp3) is 0.150. The van der Waals surface area contributed by atoms with Crippen LogP contribution in [0.4, 0.5) is 0 Å². The summed E-state index contributed by atoms with van der Waals surface area (Å²) in [6.45, 7) is 2.45. The van der Waals surface area contributed by atoms with E-state index >= 15 is 0 Å². The molecular formula is C20H17N3O. The lowest BCUT2D eigenvalue weighted by Crippen LogP contribution is -2.15. The number of hydrogen-bond donors (Lipinski definition) is 0. The number of rotatable bonds is 4. The summed E-state index contributed by atoms with van der Waals surface area (Å²) < 4.78 is 0. The first-order valence-electron chi connectivity index (χ1n) is 8.01. The van der Waals surface area contributed by atoms with Gasteiger partial charge in [-0.05, 0) is 17.2 Å². The highest BCUT2D eigenvalue weighted by Gasteiger charge is 2.23. The Labute approximate surface area is 140 Å². The Morgan fingerprint density at radius 2 is 1.62 bits per heavy atom. The molecule has 3 aromatic rings. The lowest BCUT2D eigenvalue weighted by Gasteiger charge is -2.13. The van der Waals surface area contributed by atoms with Crippen molar-refractivity contribution in [2.45, 2.75) is 19.6 Å². The standard InChI is InChI=1S/C20H17N3O/c24-20(16-9-5-2-6-10-16)18-11-17-13-23(14-19(17)22-21-18)12-15-7-3-1-4-8-15/h1-11H,12-14H2. The maximum Gasteiger partial charge on any atom is 0.213 e. The SMILES string of the molecule is O=C(c1ccccc1)c1cc2c(nn1)CN(Cc1ccccc1)C2. The zero-order valence-corrected chi connectivity index (χ0v) is 13.2. The van der Waals surface area contributed by atoms with Crippen LogP contribution in [-0.2, 0) is 19.6 Å². The van der Waals surface area contributed by atoms with Gasteiger partial charge in [-0.1, -0.05) is 60.7 Å². The predicted molar refractivity (Wildman–Crippen MR) is 91.3 cm³/mol. The predicted octanol–water partition coefficient (Wildman–Crippen LogP) is 3.22. The maximum absolute atomic E-state index is 12.5. The van der Waals surface area contributed by atoms with E-state index in [2.05, 4.69) is 39.4 Å². The maximum atomic E-state index is 12.5. The van der Waals surface area contributed by atoms with E-state index in [1.165, 1.54) is 5.56 Å². The second-order valence-corrected chi connectivity index (χ2v) is 6.03. The van der Waals surface area contributed by atoms with Crippen molar-refractivity contribution in [3.8, 4) is 0 Å². The molecule has 4 heteroatoms. The molecule has 1 aliphatic heterocycles. The largest absolute Gasteiger partial charge is 0.289 e. The Kier molecular flexibility index (Phi) is 3.89. The first-order valence-corrected chi connectivity index (χ1v) is 8.01. The van der Waals surface area contributed by atoms with Crippen LogP contribution in [0.1, 0.15) is 32.9 Å². The summed E-state index contributed by atoms with van der Waals surface area (Å²) in [6.07, 6.45) is 0. The monoisotopic (exact) mass is 315 g/mol. The van der Waals surface area contributed by atoms with Crippen LogP contribution in [0.5, 0.6) is 0 Å². The Morgan fingerprint density at radius 3 is 2.38 bits per heavy atom. The minimum atomic E-state index is -0.0765. The van der Waals surface area contributed by atoms with Crippen molar-refractivity contribution >= 4 is 5.78 Å². The highest BCUT2D eigenvalue weighted by molar-refractivity contribution is 6.07. The third-order valence-electron chi connectivity index (χ3n) is 4.25. The fourth-order valence-electron chi connectivity index (χ4n) is 3.04. The van der Waals surface area contributed by atoms with Gasteiger partial charge in [-0.2, -0.15) is 5.10 Å². The number of carbonyl (C=O) groups is 1. The molecule has 1 aromatic heterocycles. The Balaban J connectivity index is 1.52. The van der Waals surface area contributed by atoms with Crippen molar-refractivity contribution < 1.29 is 4.79 Å². The average Bonchev–Trinajstić information content (AvgIpc) is 3.04. The van der Waals surface area contributed by atoms with Gasteiger partial charge in [0.2, 0.25) is 5.78 Å². The van der Waals surface area contributed by atoms with E-state index in [4.69, 9.17) is 0 Å². The van der Waals surface area contributed by atoms with Crippen molar-refractivity contribution in [2.24, 2.45) is 0 Å². The van der Waals surface area contributed by atoms with Gasteiger partial charge in [-0.15, -0.1) is 5.10 Å². The smallest absolute Gasteiger partial charge is 0.213 e. The Bertz CT molecular complexity index is 863. The van der Waals surface area contributed by atoms with E-state index in [0.29, 0.717) is 11.3 Å². The van der Waals surface area contributed by atoms with Crippen LogP contribution in [0.2, 0.25) is 0 Å². The third-order valence-corrected chi connectivity index (χ3v) is 4.25. The fourth-order valence-corrected chi connectivity index (χ4v) is 3.04. The summed E-state index contributed by atoms with van der Waals surface area (Å²) in [5, 5.41) is 8.43. The van der Waals surface area contributed by atoms with E-state index < -0.39 is 0 Å². The second-order valence-electron chi connectivity index (χ2n) is 6.03. The molecule has 0 N–H and O–H groups in total. The lowest BCUT2D eigenvalue weighted by atomic mass is 10.1. The van der Waals surface area contributed by atoms with Gasteiger partial charge in [0, 0.05) is 25.2 Å². The molecule has 0 saturated heterocycles. The molecule has 4 rings (SSSR count). The molecule has 0 spiro atoms. The molecule has 24 heavy (non-hydrogen) atoms. The average molecular weight is 315 g/mol. The van der Waals surface area contributed by atoms with E-state index in [-0.39, 0.29) is 5.78 Å². The summed E-state index contributed by atoms with van der Waals surface area (Å²) in [4.78, 5) is 14.8. The van der Waals surface area contributed by atoms with Gasteiger partial charge in [-0.25, -0.2) is 0 Å². The molecular weight excluding hydrogens is 298 g/mol. The van der Waals surface area contributed by atoms with Crippen LogP contribution < -0.4 is 0 Å². The Hall–Kier alpha value is -2.85. The zero-order chi connectivity index (χ0) is 16.4. The van der Waals surface area contributed by atoms with Crippen LogP contribution >= 0.6 is 0 Å².